The number of aliphatic carboxylic acids is 1. The summed E-state index contributed by atoms with van der Waals surface area (Å²) >= 11 is 0. The molecule has 0 saturated heterocycles. The second-order valence-electron chi connectivity index (χ2n) is 3.80. The zero-order valence-corrected chi connectivity index (χ0v) is 10.2. The van der Waals surface area contributed by atoms with E-state index in [1.54, 1.807) is 13.0 Å². The number of carbonyl (C=O) groups excluding carboxylic acids is 1. The fourth-order valence-corrected chi connectivity index (χ4v) is 1.34. The summed E-state index contributed by atoms with van der Waals surface area (Å²) in [6.07, 6.45) is 4.76. The van der Waals surface area contributed by atoms with Crippen LogP contribution in [0.4, 0.5) is 0 Å². The van der Waals surface area contributed by atoms with Crippen molar-refractivity contribution in [3.8, 4) is 0 Å². The lowest BCUT2D eigenvalue weighted by Gasteiger charge is -2.14. The largest absolute Gasteiger partial charge is 0.480 e. The number of amides is 1. The Bertz CT molecular complexity index is 271. The molecule has 0 radical (unpaired) electrons. The fraction of sp³-hybridized carbons (Fsp3) is 0.667. The Hall–Kier alpha value is -1.32. The lowest BCUT2D eigenvalue weighted by atomic mass is 10.1. The summed E-state index contributed by atoms with van der Waals surface area (Å²) in [5.74, 6) is -1.25. The number of allylic oxidation sites excluding steroid dienone is 1. The number of carboxylic acid groups (broad SMARTS) is 1. The summed E-state index contributed by atoms with van der Waals surface area (Å²) in [4.78, 5) is 22.5. The van der Waals surface area contributed by atoms with Crippen LogP contribution in [0.15, 0.2) is 11.6 Å². The Labute approximate surface area is 96.7 Å². The molecule has 0 aliphatic carbocycles. The molecule has 16 heavy (non-hydrogen) atoms. The Morgan fingerprint density at radius 2 is 2.00 bits per heavy atom. The predicted octanol–water partition coefficient (Wildman–Crippen LogP) is 2.10. The van der Waals surface area contributed by atoms with E-state index in [0.717, 1.165) is 19.3 Å². The molecule has 2 N–H and O–H groups in total. The Morgan fingerprint density at radius 1 is 1.38 bits per heavy atom. The van der Waals surface area contributed by atoms with Gasteiger partial charge in [-0.1, -0.05) is 32.8 Å². The molecular weight excluding hydrogens is 206 g/mol. The minimum Gasteiger partial charge on any atom is -0.480 e. The van der Waals surface area contributed by atoms with Crippen molar-refractivity contribution >= 4 is 11.9 Å². The van der Waals surface area contributed by atoms with Crippen LogP contribution in [0.1, 0.15) is 46.5 Å². The van der Waals surface area contributed by atoms with Gasteiger partial charge >= 0.3 is 5.97 Å². The van der Waals surface area contributed by atoms with E-state index in [2.05, 4.69) is 5.32 Å². The first-order chi connectivity index (χ1) is 7.52. The molecule has 0 aromatic rings. The lowest BCUT2D eigenvalue weighted by molar-refractivity contribution is -0.141. The molecule has 1 atom stereocenters. The first-order valence-corrected chi connectivity index (χ1v) is 5.73. The first kappa shape index (κ1) is 14.7. The molecule has 0 aromatic heterocycles. The maximum atomic E-state index is 11.6. The van der Waals surface area contributed by atoms with Crippen LogP contribution in [0, 0.1) is 0 Å². The monoisotopic (exact) mass is 227 g/mol. The third-order valence-corrected chi connectivity index (χ3v) is 2.32. The van der Waals surface area contributed by atoms with Crippen molar-refractivity contribution in [2.45, 2.75) is 52.5 Å². The molecular formula is C12H21NO3. The van der Waals surface area contributed by atoms with Crippen LogP contribution < -0.4 is 5.32 Å². The van der Waals surface area contributed by atoms with Crippen LogP contribution in [-0.2, 0) is 9.59 Å². The van der Waals surface area contributed by atoms with Gasteiger partial charge < -0.3 is 10.4 Å². The summed E-state index contributed by atoms with van der Waals surface area (Å²) in [5, 5.41) is 11.5. The molecule has 0 rings (SSSR count). The van der Waals surface area contributed by atoms with Crippen LogP contribution in [0.3, 0.4) is 0 Å². The topological polar surface area (TPSA) is 66.4 Å². The molecule has 1 amide bonds. The first-order valence-electron chi connectivity index (χ1n) is 5.73. The van der Waals surface area contributed by atoms with E-state index in [0.29, 0.717) is 12.0 Å². The van der Waals surface area contributed by atoms with E-state index in [-0.39, 0.29) is 5.91 Å². The number of rotatable bonds is 7. The fourth-order valence-electron chi connectivity index (χ4n) is 1.34. The molecule has 0 aliphatic rings. The smallest absolute Gasteiger partial charge is 0.326 e. The van der Waals surface area contributed by atoms with Gasteiger partial charge in [-0.15, -0.1) is 0 Å². The van der Waals surface area contributed by atoms with Crippen LogP contribution >= 0.6 is 0 Å². The van der Waals surface area contributed by atoms with Gasteiger partial charge in [-0.25, -0.2) is 4.79 Å². The molecule has 4 heteroatoms. The van der Waals surface area contributed by atoms with Crippen molar-refractivity contribution in [2.75, 3.05) is 0 Å². The highest BCUT2D eigenvalue weighted by atomic mass is 16.4. The quantitative estimate of drug-likeness (QED) is 0.654. The highest BCUT2D eigenvalue weighted by Crippen LogP contribution is 2.03. The van der Waals surface area contributed by atoms with Crippen molar-refractivity contribution in [3.63, 3.8) is 0 Å². The van der Waals surface area contributed by atoms with Crippen molar-refractivity contribution in [1.29, 1.82) is 0 Å². The predicted molar refractivity (Wildman–Crippen MR) is 63.1 cm³/mol. The highest BCUT2D eigenvalue weighted by Gasteiger charge is 2.19. The molecule has 0 spiro atoms. The maximum Gasteiger partial charge on any atom is 0.326 e. The molecule has 0 saturated carbocycles. The van der Waals surface area contributed by atoms with Crippen molar-refractivity contribution in [1.82, 2.24) is 5.32 Å². The molecule has 0 aromatic carbocycles. The van der Waals surface area contributed by atoms with E-state index in [4.69, 9.17) is 5.11 Å². The summed E-state index contributed by atoms with van der Waals surface area (Å²) in [5.41, 5.74) is 0.574. The SMILES string of the molecule is CC/C=C(\C)C(=O)NC(CCCC)C(=O)O. The number of carbonyl (C=O) groups is 2. The van der Waals surface area contributed by atoms with Crippen LogP contribution in [-0.4, -0.2) is 23.0 Å². The summed E-state index contributed by atoms with van der Waals surface area (Å²) < 4.78 is 0. The third kappa shape index (κ3) is 5.53. The summed E-state index contributed by atoms with van der Waals surface area (Å²) in [7, 11) is 0. The normalized spacial score (nSPS) is 13.3. The number of unbranched alkanes of at least 4 members (excludes halogenated alkanes) is 1. The van der Waals surface area contributed by atoms with Gasteiger partial charge in [0.05, 0.1) is 0 Å². The average Bonchev–Trinajstić information content (AvgIpc) is 2.23. The van der Waals surface area contributed by atoms with Crippen LogP contribution in [0.2, 0.25) is 0 Å². The molecule has 1 unspecified atom stereocenters. The van der Waals surface area contributed by atoms with Crippen molar-refractivity contribution < 1.29 is 14.7 Å². The zero-order valence-electron chi connectivity index (χ0n) is 10.2. The van der Waals surface area contributed by atoms with Gasteiger partial charge in [0.2, 0.25) is 5.91 Å². The molecule has 4 nitrogen and oxygen atoms in total. The minimum absolute atomic E-state index is 0.287. The molecule has 0 fully saturated rings. The number of hydrogen-bond donors (Lipinski definition) is 2. The lowest BCUT2D eigenvalue weighted by Crippen LogP contribution is -2.41. The Balaban J connectivity index is 4.34. The third-order valence-electron chi connectivity index (χ3n) is 2.32. The van der Waals surface area contributed by atoms with Gasteiger partial charge in [-0.05, 0) is 19.8 Å². The highest BCUT2D eigenvalue weighted by molar-refractivity contribution is 5.95. The molecule has 0 heterocycles. The van der Waals surface area contributed by atoms with E-state index in [1.807, 2.05) is 13.8 Å². The standard InChI is InChI=1S/C12H21NO3/c1-4-6-8-10(12(15)16)13-11(14)9(3)7-5-2/h7,10H,4-6,8H2,1-3H3,(H,13,14)(H,15,16)/b9-7+. The number of carboxylic acids is 1. The minimum atomic E-state index is -0.967. The van der Waals surface area contributed by atoms with Crippen LogP contribution in [0.5, 0.6) is 0 Å². The van der Waals surface area contributed by atoms with Crippen molar-refractivity contribution in [3.05, 3.63) is 11.6 Å². The molecule has 0 bridgehead atoms. The molecule has 0 aliphatic heterocycles. The number of hydrogen-bond acceptors (Lipinski definition) is 2. The van der Waals surface area contributed by atoms with E-state index in [9.17, 15) is 9.59 Å². The van der Waals surface area contributed by atoms with Crippen LogP contribution in [0.25, 0.3) is 0 Å². The van der Waals surface area contributed by atoms with Gasteiger partial charge in [0.15, 0.2) is 0 Å². The van der Waals surface area contributed by atoms with E-state index >= 15 is 0 Å². The van der Waals surface area contributed by atoms with Gasteiger partial charge in [-0.3, -0.25) is 4.79 Å². The van der Waals surface area contributed by atoms with E-state index in [1.165, 1.54) is 0 Å². The second-order valence-corrected chi connectivity index (χ2v) is 3.80. The number of nitrogens with one attached hydrogen (secondary N) is 1. The second kappa shape index (κ2) is 7.91. The van der Waals surface area contributed by atoms with Gasteiger partial charge in [0.25, 0.3) is 0 Å². The zero-order chi connectivity index (χ0) is 12.6. The molecule has 92 valence electrons. The average molecular weight is 227 g/mol. The summed E-state index contributed by atoms with van der Waals surface area (Å²) in [6.45, 7) is 5.61. The van der Waals surface area contributed by atoms with Gasteiger partial charge in [-0.2, -0.15) is 0 Å². The van der Waals surface area contributed by atoms with Gasteiger partial charge in [0.1, 0.15) is 6.04 Å². The van der Waals surface area contributed by atoms with Gasteiger partial charge in [0, 0.05) is 5.57 Å². The van der Waals surface area contributed by atoms with E-state index < -0.39 is 12.0 Å². The Kier molecular flexibility index (Phi) is 7.25. The summed E-state index contributed by atoms with van der Waals surface area (Å²) in [6, 6.07) is -0.771. The van der Waals surface area contributed by atoms with Crippen molar-refractivity contribution in [2.24, 2.45) is 0 Å². The Morgan fingerprint density at radius 3 is 2.44 bits per heavy atom. The maximum absolute atomic E-state index is 11.6.